The lowest BCUT2D eigenvalue weighted by atomic mass is 9.66. The van der Waals surface area contributed by atoms with Gasteiger partial charge in [0.1, 0.15) is 0 Å². The van der Waals surface area contributed by atoms with Gasteiger partial charge in [-0.15, -0.1) is 0 Å². The molecular formula is C23H32B2O4. The van der Waals surface area contributed by atoms with E-state index in [9.17, 15) is 20.1 Å². The molecule has 6 heteroatoms. The molecule has 3 rings (SSSR count). The Bertz CT molecular complexity index is 793. The minimum atomic E-state index is -1.51. The van der Waals surface area contributed by atoms with Crippen LogP contribution in [0.25, 0.3) is 11.1 Å². The Morgan fingerprint density at radius 3 is 1.72 bits per heavy atom. The van der Waals surface area contributed by atoms with Crippen molar-refractivity contribution in [3.63, 3.8) is 0 Å². The summed E-state index contributed by atoms with van der Waals surface area (Å²) in [7, 11) is -3.01. The molecule has 1 aliphatic rings. The largest absolute Gasteiger partial charge is 0.488 e. The van der Waals surface area contributed by atoms with Crippen LogP contribution >= 0.6 is 0 Å². The van der Waals surface area contributed by atoms with Crippen molar-refractivity contribution in [1.82, 2.24) is 0 Å². The molecule has 0 bridgehead atoms. The van der Waals surface area contributed by atoms with Crippen molar-refractivity contribution in [2.24, 2.45) is 5.92 Å². The van der Waals surface area contributed by atoms with Crippen LogP contribution in [-0.4, -0.2) is 34.3 Å². The minimum Gasteiger partial charge on any atom is -0.423 e. The van der Waals surface area contributed by atoms with Crippen molar-refractivity contribution < 1.29 is 20.1 Å². The highest BCUT2D eigenvalue weighted by Crippen LogP contribution is 2.53. The van der Waals surface area contributed by atoms with Crippen molar-refractivity contribution in [2.75, 3.05) is 0 Å². The molecule has 4 N–H and O–H groups in total. The molecule has 1 aliphatic carbocycles. The van der Waals surface area contributed by atoms with Crippen LogP contribution in [0.1, 0.15) is 70.4 Å². The van der Waals surface area contributed by atoms with Crippen LogP contribution in [0.4, 0.5) is 0 Å². The average Bonchev–Trinajstić information content (AvgIpc) is 2.96. The summed E-state index contributed by atoms with van der Waals surface area (Å²) in [5, 5.41) is 38.8. The number of rotatable bonds is 9. The van der Waals surface area contributed by atoms with Crippen LogP contribution in [0.15, 0.2) is 36.4 Å². The number of hydrogen-bond donors (Lipinski definition) is 4. The molecule has 2 aromatic carbocycles. The molecule has 0 amide bonds. The Labute approximate surface area is 174 Å². The Hall–Kier alpha value is -1.59. The number of benzene rings is 2. The zero-order valence-corrected chi connectivity index (χ0v) is 17.7. The fourth-order valence-electron chi connectivity index (χ4n) is 4.79. The van der Waals surface area contributed by atoms with E-state index in [2.05, 4.69) is 20.8 Å². The first kappa shape index (κ1) is 22.1. The molecule has 0 saturated heterocycles. The van der Waals surface area contributed by atoms with Gasteiger partial charge in [-0.25, -0.2) is 0 Å². The van der Waals surface area contributed by atoms with E-state index in [1.165, 1.54) is 25.7 Å². The van der Waals surface area contributed by atoms with Gasteiger partial charge in [-0.3, -0.25) is 0 Å². The highest BCUT2D eigenvalue weighted by atomic mass is 16.4. The molecule has 29 heavy (non-hydrogen) atoms. The molecule has 0 saturated carbocycles. The summed E-state index contributed by atoms with van der Waals surface area (Å²) >= 11 is 0. The van der Waals surface area contributed by atoms with Crippen LogP contribution in [0.3, 0.4) is 0 Å². The van der Waals surface area contributed by atoms with Crippen LogP contribution in [0.5, 0.6) is 0 Å². The van der Waals surface area contributed by atoms with Gasteiger partial charge >= 0.3 is 14.2 Å². The second-order valence-electron chi connectivity index (χ2n) is 8.66. The van der Waals surface area contributed by atoms with Crippen LogP contribution < -0.4 is 10.9 Å². The van der Waals surface area contributed by atoms with E-state index in [0.29, 0.717) is 16.8 Å². The molecule has 0 radical (unpaired) electrons. The second kappa shape index (κ2) is 9.05. The van der Waals surface area contributed by atoms with Crippen molar-refractivity contribution in [2.45, 2.75) is 64.7 Å². The maximum atomic E-state index is 9.71. The van der Waals surface area contributed by atoms with Gasteiger partial charge in [0.25, 0.3) is 0 Å². The summed E-state index contributed by atoms with van der Waals surface area (Å²) in [6.07, 6.45) is 7.20. The third kappa shape index (κ3) is 4.17. The fraction of sp³-hybridized carbons (Fsp3) is 0.478. The molecule has 4 nitrogen and oxygen atoms in total. The molecular weight excluding hydrogens is 362 g/mol. The van der Waals surface area contributed by atoms with E-state index < -0.39 is 14.2 Å². The summed E-state index contributed by atoms with van der Waals surface area (Å²) in [5.74, 6) is 0.321. The summed E-state index contributed by atoms with van der Waals surface area (Å²) in [5.41, 5.74) is 4.99. The van der Waals surface area contributed by atoms with Crippen molar-refractivity contribution in [3.05, 3.63) is 47.5 Å². The molecule has 0 spiro atoms. The van der Waals surface area contributed by atoms with Crippen LogP contribution in [0, 0.1) is 5.92 Å². The molecule has 0 aliphatic heterocycles. The molecule has 1 atom stereocenters. The maximum Gasteiger partial charge on any atom is 0.488 e. The monoisotopic (exact) mass is 394 g/mol. The van der Waals surface area contributed by atoms with Crippen molar-refractivity contribution in [3.8, 4) is 11.1 Å². The topological polar surface area (TPSA) is 80.9 Å². The van der Waals surface area contributed by atoms with E-state index in [-0.39, 0.29) is 5.41 Å². The minimum absolute atomic E-state index is 0.321. The molecule has 0 heterocycles. The molecule has 154 valence electrons. The number of fused-ring (bicyclic) bond motifs is 3. The predicted octanol–water partition coefficient (Wildman–Crippen LogP) is 2.33. The van der Waals surface area contributed by atoms with Gasteiger partial charge in [-0.1, -0.05) is 89.3 Å². The van der Waals surface area contributed by atoms with Gasteiger partial charge in [-0.05, 0) is 45.5 Å². The Morgan fingerprint density at radius 1 is 0.793 bits per heavy atom. The van der Waals surface area contributed by atoms with Gasteiger partial charge in [0.05, 0.1) is 0 Å². The van der Waals surface area contributed by atoms with Crippen LogP contribution in [-0.2, 0) is 5.41 Å². The maximum absolute atomic E-state index is 9.71. The van der Waals surface area contributed by atoms with Gasteiger partial charge < -0.3 is 20.1 Å². The van der Waals surface area contributed by atoms with E-state index in [0.717, 1.165) is 35.1 Å². The van der Waals surface area contributed by atoms with Gasteiger partial charge in [0, 0.05) is 5.41 Å². The highest BCUT2D eigenvalue weighted by molar-refractivity contribution is 6.59. The smallest absolute Gasteiger partial charge is 0.423 e. The molecule has 0 aromatic heterocycles. The Kier molecular flexibility index (Phi) is 6.90. The fourth-order valence-corrected chi connectivity index (χ4v) is 4.79. The van der Waals surface area contributed by atoms with Crippen molar-refractivity contribution in [1.29, 1.82) is 0 Å². The quantitative estimate of drug-likeness (QED) is 0.389. The molecule has 1 unspecified atom stereocenters. The predicted molar refractivity (Wildman–Crippen MR) is 121 cm³/mol. The SMILES string of the molecule is CCCCCCCC(C)C1(C)c2cc(B(O)O)ccc2-c2ccc(B(O)O)cc21. The summed E-state index contributed by atoms with van der Waals surface area (Å²) in [6.45, 7) is 6.68. The Morgan fingerprint density at radius 2 is 1.28 bits per heavy atom. The van der Waals surface area contributed by atoms with Crippen LogP contribution in [0.2, 0.25) is 0 Å². The first-order chi connectivity index (χ1) is 13.8. The second-order valence-corrected chi connectivity index (χ2v) is 8.66. The van der Waals surface area contributed by atoms with E-state index in [1.807, 2.05) is 24.3 Å². The first-order valence-corrected chi connectivity index (χ1v) is 10.8. The van der Waals surface area contributed by atoms with Gasteiger partial charge in [0.15, 0.2) is 0 Å². The molecule has 0 fully saturated rings. The zero-order chi connectivity index (χ0) is 21.2. The normalized spacial score (nSPS) is 15.0. The zero-order valence-electron chi connectivity index (χ0n) is 17.7. The standard InChI is InChI=1S/C23H32B2O4/c1-4-5-6-7-8-9-16(2)23(3)21-14-17(24(26)27)10-12-19(21)20-13-11-18(25(28)29)15-22(20)23/h10-16,26-29H,4-9H2,1-3H3. The third-order valence-electron chi connectivity index (χ3n) is 6.82. The van der Waals surface area contributed by atoms with Gasteiger partial charge in [-0.2, -0.15) is 0 Å². The van der Waals surface area contributed by atoms with Gasteiger partial charge in [0.2, 0.25) is 0 Å². The molecule has 2 aromatic rings. The lowest BCUT2D eigenvalue weighted by Gasteiger charge is -2.35. The lowest BCUT2D eigenvalue weighted by molar-refractivity contribution is 0.345. The summed E-state index contributed by atoms with van der Waals surface area (Å²) in [4.78, 5) is 0. The number of hydrogen-bond acceptors (Lipinski definition) is 4. The first-order valence-electron chi connectivity index (χ1n) is 10.8. The number of unbranched alkanes of at least 4 members (excludes halogenated alkanes) is 4. The van der Waals surface area contributed by atoms with E-state index in [1.54, 1.807) is 12.1 Å². The highest BCUT2D eigenvalue weighted by Gasteiger charge is 2.43. The van der Waals surface area contributed by atoms with E-state index >= 15 is 0 Å². The third-order valence-corrected chi connectivity index (χ3v) is 6.82. The summed E-state index contributed by atoms with van der Waals surface area (Å²) in [6, 6.07) is 11.2. The van der Waals surface area contributed by atoms with Crippen molar-refractivity contribution >= 4 is 25.2 Å². The Balaban J connectivity index is 2.02. The lowest BCUT2D eigenvalue weighted by Crippen LogP contribution is -2.36. The summed E-state index contributed by atoms with van der Waals surface area (Å²) < 4.78 is 0. The van der Waals surface area contributed by atoms with E-state index in [4.69, 9.17) is 0 Å². The average molecular weight is 394 g/mol.